The molecule has 1 saturated heterocycles. The van der Waals surface area contributed by atoms with Crippen LogP contribution < -0.4 is 0 Å². The van der Waals surface area contributed by atoms with Gasteiger partial charge in [0.1, 0.15) is 22.5 Å². The van der Waals surface area contributed by atoms with Gasteiger partial charge in [-0.2, -0.15) is 0 Å². The first-order chi connectivity index (χ1) is 10.3. The minimum absolute atomic E-state index is 0.317. The van der Waals surface area contributed by atoms with E-state index in [-0.39, 0.29) is 0 Å². The molecule has 1 aliphatic rings. The highest BCUT2D eigenvalue weighted by molar-refractivity contribution is 5.76. The van der Waals surface area contributed by atoms with Gasteiger partial charge in [0.25, 0.3) is 0 Å². The number of rotatable bonds is 3. The van der Waals surface area contributed by atoms with E-state index in [9.17, 15) is 0 Å². The molecule has 3 aromatic rings. The van der Waals surface area contributed by atoms with Gasteiger partial charge in [-0.1, -0.05) is 17.3 Å². The molecule has 6 nitrogen and oxygen atoms in total. The molecule has 0 N–H and O–H groups in total. The zero-order valence-corrected chi connectivity index (χ0v) is 11.8. The molecule has 0 spiro atoms. The van der Waals surface area contributed by atoms with Crippen molar-refractivity contribution in [3.8, 4) is 0 Å². The number of fused-ring (bicyclic) bond motifs is 1. The summed E-state index contributed by atoms with van der Waals surface area (Å²) in [4.78, 5) is 2.42. The Bertz CT molecular complexity index is 764. The normalized spacial score (nSPS) is 19.6. The van der Waals surface area contributed by atoms with Gasteiger partial charge in [-0.05, 0) is 48.3 Å². The lowest BCUT2D eigenvalue weighted by atomic mass is 10.1. The van der Waals surface area contributed by atoms with Crippen molar-refractivity contribution < 1.29 is 9.15 Å². The molecule has 108 valence electrons. The molecule has 1 atom stereocenters. The van der Waals surface area contributed by atoms with Gasteiger partial charge in [0.2, 0.25) is 0 Å². The summed E-state index contributed by atoms with van der Waals surface area (Å²) in [5.74, 6) is 0.861. The van der Waals surface area contributed by atoms with Gasteiger partial charge in [0, 0.05) is 12.6 Å². The van der Waals surface area contributed by atoms with E-state index in [0.29, 0.717) is 6.04 Å². The third kappa shape index (κ3) is 2.21. The summed E-state index contributed by atoms with van der Waals surface area (Å²) >= 11 is 0. The van der Waals surface area contributed by atoms with Crippen LogP contribution in [0.3, 0.4) is 0 Å². The maximum Gasteiger partial charge on any atom is 0.139 e. The molecule has 6 heteroatoms. The van der Waals surface area contributed by atoms with Crippen molar-refractivity contribution in [1.29, 1.82) is 0 Å². The molecule has 0 saturated carbocycles. The van der Waals surface area contributed by atoms with Gasteiger partial charge in [-0.15, -0.1) is 0 Å². The molecule has 4 rings (SSSR count). The third-order valence-corrected chi connectivity index (χ3v) is 4.09. The van der Waals surface area contributed by atoms with E-state index in [2.05, 4.69) is 26.4 Å². The van der Waals surface area contributed by atoms with Crippen molar-refractivity contribution in [2.75, 3.05) is 6.54 Å². The summed E-state index contributed by atoms with van der Waals surface area (Å²) in [5, 5.41) is 12.1. The molecule has 1 fully saturated rings. The molecular weight excluding hydrogens is 268 g/mol. The molecule has 0 bridgehead atoms. The number of likely N-dealkylation sites (tertiary alicyclic amines) is 1. The number of aryl methyl sites for hydroxylation is 1. The van der Waals surface area contributed by atoms with Crippen LogP contribution in [0, 0.1) is 6.92 Å². The van der Waals surface area contributed by atoms with Gasteiger partial charge in [-0.25, -0.2) is 4.63 Å². The van der Waals surface area contributed by atoms with Crippen LogP contribution in [0.4, 0.5) is 0 Å². The van der Waals surface area contributed by atoms with Crippen molar-refractivity contribution in [2.24, 2.45) is 0 Å². The Morgan fingerprint density at radius 2 is 2.24 bits per heavy atom. The molecule has 1 unspecified atom stereocenters. The summed E-state index contributed by atoms with van der Waals surface area (Å²) in [6.45, 7) is 3.80. The lowest BCUT2D eigenvalue weighted by Gasteiger charge is -2.22. The van der Waals surface area contributed by atoms with Crippen molar-refractivity contribution in [3.05, 3.63) is 41.3 Å². The molecule has 2 aromatic heterocycles. The summed E-state index contributed by atoms with van der Waals surface area (Å²) in [7, 11) is 0. The Kier molecular flexibility index (Phi) is 2.96. The highest BCUT2D eigenvalue weighted by Crippen LogP contribution is 2.33. The van der Waals surface area contributed by atoms with Gasteiger partial charge in [-0.3, -0.25) is 4.90 Å². The van der Waals surface area contributed by atoms with E-state index in [1.807, 2.05) is 25.1 Å². The van der Waals surface area contributed by atoms with Crippen molar-refractivity contribution in [1.82, 2.24) is 20.4 Å². The largest absolute Gasteiger partial charge is 0.361 e. The molecule has 0 radical (unpaired) electrons. The van der Waals surface area contributed by atoms with E-state index < -0.39 is 0 Å². The fourth-order valence-corrected chi connectivity index (χ4v) is 3.10. The zero-order chi connectivity index (χ0) is 14.2. The van der Waals surface area contributed by atoms with Crippen LogP contribution in [-0.4, -0.2) is 26.9 Å². The summed E-state index contributed by atoms with van der Waals surface area (Å²) in [5.41, 5.74) is 3.82. The van der Waals surface area contributed by atoms with Crippen LogP contribution >= 0.6 is 0 Å². The van der Waals surface area contributed by atoms with E-state index in [1.165, 1.54) is 6.42 Å². The van der Waals surface area contributed by atoms with Crippen LogP contribution in [0.1, 0.15) is 35.9 Å². The lowest BCUT2D eigenvalue weighted by molar-refractivity contribution is 0.237. The van der Waals surface area contributed by atoms with Crippen molar-refractivity contribution in [2.45, 2.75) is 32.4 Å². The first-order valence-electron chi connectivity index (χ1n) is 7.19. The predicted molar refractivity (Wildman–Crippen MR) is 75.4 cm³/mol. The van der Waals surface area contributed by atoms with Gasteiger partial charge >= 0.3 is 0 Å². The smallest absolute Gasteiger partial charge is 0.139 e. The summed E-state index contributed by atoms with van der Waals surface area (Å²) < 4.78 is 10.1. The van der Waals surface area contributed by atoms with E-state index in [0.717, 1.165) is 47.6 Å². The standard InChI is InChI=1S/C15H16N4O2/c1-10-8-13(16-20-10)14-6-3-7-19(14)9-11-4-2-5-12-15(11)18-21-17-12/h2,4-5,8,14H,3,6-7,9H2,1H3. The number of hydrogen-bond donors (Lipinski definition) is 0. The maximum absolute atomic E-state index is 5.22. The average molecular weight is 284 g/mol. The van der Waals surface area contributed by atoms with E-state index in [4.69, 9.17) is 9.15 Å². The Balaban J connectivity index is 1.62. The summed E-state index contributed by atoms with van der Waals surface area (Å²) in [6, 6.07) is 8.33. The SMILES string of the molecule is Cc1cc(C2CCCN2Cc2cccc3nonc23)no1. The van der Waals surface area contributed by atoms with Crippen molar-refractivity contribution in [3.63, 3.8) is 0 Å². The van der Waals surface area contributed by atoms with Gasteiger partial charge < -0.3 is 4.52 Å². The Morgan fingerprint density at radius 1 is 1.29 bits per heavy atom. The predicted octanol–water partition coefficient (Wildman–Crippen LogP) is 2.86. The van der Waals surface area contributed by atoms with Crippen LogP contribution in [0.15, 0.2) is 33.4 Å². The number of hydrogen-bond acceptors (Lipinski definition) is 6. The second-order valence-corrected chi connectivity index (χ2v) is 5.54. The average Bonchev–Trinajstić information content (AvgIpc) is 3.18. The molecule has 0 aliphatic carbocycles. The fraction of sp³-hybridized carbons (Fsp3) is 0.400. The van der Waals surface area contributed by atoms with Crippen LogP contribution in [0.2, 0.25) is 0 Å². The minimum atomic E-state index is 0.317. The highest BCUT2D eigenvalue weighted by atomic mass is 16.6. The first kappa shape index (κ1) is 12.5. The molecule has 1 aromatic carbocycles. The quantitative estimate of drug-likeness (QED) is 0.736. The molecule has 3 heterocycles. The molecule has 0 amide bonds. The fourth-order valence-electron chi connectivity index (χ4n) is 3.10. The van der Waals surface area contributed by atoms with E-state index in [1.54, 1.807) is 0 Å². The van der Waals surface area contributed by atoms with Crippen LogP contribution in [-0.2, 0) is 6.54 Å². The van der Waals surface area contributed by atoms with Gasteiger partial charge in [0.05, 0.1) is 6.04 Å². The maximum atomic E-state index is 5.22. The van der Waals surface area contributed by atoms with Gasteiger partial charge in [0.15, 0.2) is 0 Å². The number of aromatic nitrogens is 3. The Labute approximate surface area is 121 Å². The zero-order valence-electron chi connectivity index (χ0n) is 11.8. The number of nitrogens with zero attached hydrogens (tertiary/aromatic N) is 4. The minimum Gasteiger partial charge on any atom is -0.361 e. The van der Waals surface area contributed by atoms with Crippen LogP contribution in [0.25, 0.3) is 11.0 Å². The topological polar surface area (TPSA) is 68.2 Å². The second-order valence-electron chi connectivity index (χ2n) is 5.54. The monoisotopic (exact) mass is 284 g/mol. The molecular formula is C15H16N4O2. The summed E-state index contributed by atoms with van der Waals surface area (Å²) in [6.07, 6.45) is 2.28. The lowest BCUT2D eigenvalue weighted by Crippen LogP contribution is -2.23. The van der Waals surface area contributed by atoms with E-state index >= 15 is 0 Å². The van der Waals surface area contributed by atoms with Crippen LogP contribution in [0.5, 0.6) is 0 Å². The second kappa shape index (κ2) is 4.96. The number of benzene rings is 1. The molecule has 1 aliphatic heterocycles. The third-order valence-electron chi connectivity index (χ3n) is 4.09. The Morgan fingerprint density at radius 3 is 3.10 bits per heavy atom. The first-order valence-corrected chi connectivity index (χ1v) is 7.19. The van der Waals surface area contributed by atoms with Crippen molar-refractivity contribution >= 4 is 11.0 Å². The highest BCUT2D eigenvalue weighted by Gasteiger charge is 2.29. The Hall–Kier alpha value is -2.21. The molecule has 21 heavy (non-hydrogen) atoms.